The number of carbonyl (C=O) groups is 2. The van der Waals surface area contributed by atoms with E-state index in [1.807, 2.05) is 43.3 Å². The molecular weight excluding hydrogens is 338 g/mol. The number of aryl methyl sites for hydroxylation is 2. The average Bonchev–Trinajstić information content (AvgIpc) is 2.63. The van der Waals surface area contributed by atoms with E-state index in [0.717, 1.165) is 30.5 Å². The normalized spacial score (nSPS) is 15.9. The standard InChI is InChI=1S/C22H27N3O2/c1-16-10-12-18(13-11-16)23-21(26)14-25(2)15-22(27)24-20-9-5-7-17-6-3-4-8-19(17)20/h3-4,6,8,10-13,20H,5,7,9,14-15H2,1-2H3,(H,23,26)(H,24,27)/t20-/m0/s1. The summed E-state index contributed by atoms with van der Waals surface area (Å²) < 4.78 is 0. The second kappa shape index (κ2) is 8.82. The van der Waals surface area contributed by atoms with Crippen molar-refractivity contribution in [3.8, 4) is 0 Å². The lowest BCUT2D eigenvalue weighted by Crippen LogP contribution is -2.40. The first-order chi connectivity index (χ1) is 13.0. The van der Waals surface area contributed by atoms with E-state index in [9.17, 15) is 9.59 Å². The highest BCUT2D eigenvalue weighted by atomic mass is 16.2. The van der Waals surface area contributed by atoms with Crippen molar-refractivity contribution in [3.05, 3.63) is 65.2 Å². The van der Waals surface area contributed by atoms with Gasteiger partial charge in [0.15, 0.2) is 0 Å². The van der Waals surface area contributed by atoms with Gasteiger partial charge in [0.25, 0.3) is 0 Å². The molecule has 5 nitrogen and oxygen atoms in total. The van der Waals surface area contributed by atoms with E-state index in [0.29, 0.717) is 0 Å². The van der Waals surface area contributed by atoms with E-state index < -0.39 is 0 Å². The van der Waals surface area contributed by atoms with Gasteiger partial charge in [-0.05, 0) is 56.5 Å². The predicted octanol–water partition coefficient (Wildman–Crippen LogP) is 3.06. The third-order valence-corrected chi connectivity index (χ3v) is 4.87. The van der Waals surface area contributed by atoms with Crippen LogP contribution in [0.3, 0.4) is 0 Å². The van der Waals surface area contributed by atoms with Crippen LogP contribution in [0.15, 0.2) is 48.5 Å². The molecule has 0 saturated heterocycles. The van der Waals surface area contributed by atoms with Gasteiger partial charge in [-0.15, -0.1) is 0 Å². The van der Waals surface area contributed by atoms with Crippen molar-refractivity contribution in [3.63, 3.8) is 0 Å². The summed E-state index contributed by atoms with van der Waals surface area (Å²) in [4.78, 5) is 26.3. The van der Waals surface area contributed by atoms with Crippen LogP contribution in [0.1, 0.15) is 35.6 Å². The Hall–Kier alpha value is -2.66. The maximum absolute atomic E-state index is 12.4. The molecule has 2 aromatic rings. The summed E-state index contributed by atoms with van der Waals surface area (Å²) in [7, 11) is 1.78. The van der Waals surface area contributed by atoms with Crippen LogP contribution < -0.4 is 10.6 Å². The molecule has 5 heteroatoms. The van der Waals surface area contributed by atoms with Gasteiger partial charge in [0.1, 0.15) is 0 Å². The highest BCUT2D eigenvalue weighted by molar-refractivity contribution is 5.92. The molecule has 0 bridgehead atoms. The smallest absolute Gasteiger partial charge is 0.238 e. The van der Waals surface area contributed by atoms with Crippen molar-refractivity contribution >= 4 is 17.5 Å². The van der Waals surface area contributed by atoms with E-state index in [2.05, 4.69) is 22.8 Å². The molecule has 1 aliphatic rings. The highest BCUT2D eigenvalue weighted by Gasteiger charge is 2.22. The molecule has 0 heterocycles. The molecule has 0 aliphatic heterocycles. The number of likely N-dealkylation sites (N-methyl/N-ethyl adjacent to an activating group) is 1. The largest absolute Gasteiger partial charge is 0.348 e. The zero-order valence-electron chi connectivity index (χ0n) is 16.0. The summed E-state index contributed by atoms with van der Waals surface area (Å²) in [6.07, 6.45) is 3.11. The Kier molecular flexibility index (Phi) is 6.24. The fourth-order valence-electron chi connectivity index (χ4n) is 3.53. The number of amides is 2. The molecule has 0 aromatic heterocycles. The molecule has 0 radical (unpaired) electrons. The lowest BCUT2D eigenvalue weighted by atomic mass is 9.88. The summed E-state index contributed by atoms with van der Waals surface area (Å²) in [5, 5.41) is 5.98. The lowest BCUT2D eigenvalue weighted by molar-refractivity contribution is -0.123. The molecule has 27 heavy (non-hydrogen) atoms. The number of rotatable bonds is 6. The topological polar surface area (TPSA) is 61.4 Å². The number of benzene rings is 2. The van der Waals surface area contributed by atoms with Crippen LogP contribution in [0.5, 0.6) is 0 Å². The van der Waals surface area contributed by atoms with E-state index in [-0.39, 0.29) is 30.9 Å². The minimum absolute atomic E-state index is 0.0534. The van der Waals surface area contributed by atoms with Crippen molar-refractivity contribution in [1.82, 2.24) is 10.2 Å². The van der Waals surface area contributed by atoms with Gasteiger partial charge < -0.3 is 10.6 Å². The van der Waals surface area contributed by atoms with Crippen LogP contribution in [0.25, 0.3) is 0 Å². The Labute approximate surface area is 160 Å². The molecule has 2 N–H and O–H groups in total. The van der Waals surface area contributed by atoms with Crippen LogP contribution in [0.2, 0.25) is 0 Å². The Balaban J connectivity index is 1.48. The highest BCUT2D eigenvalue weighted by Crippen LogP contribution is 2.29. The summed E-state index contributed by atoms with van der Waals surface area (Å²) in [6.45, 7) is 2.37. The van der Waals surface area contributed by atoms with Crippen molar-refractivity contribution in [2.75, 3.05) is 25.5 Å². The summed E-state index contributed by atoms with van der Waals surface area (Å²) >= 11 is 0. The van der Waals surface area contributed by atoms with Gasteiger partial charge in [0.05, 0.1) is 19.1 Å². The van der Waals surface area contributed by atoms with Gasteiger partial charge in [-0.2, -0.15) is 0 Å². The Morgan fingerprint density at radius 2 is 1.74 bits per heavy atom. The molecule has 0 saturated carbocycles. The van der Waals surface area contributed by atoms with Crippen LogP contribution in [-0.4, -0.2) is 36.9 Å². The first-order valence-electron chi connectivity index (χ1n) is 9.43. The second-order valence-corrected chi connectivity index (χ2v) is 7.30. The summed E-state index contributed by atoms with van der Waals surface area (Å²) in [5.74, 6) is -0.181. The number of nitrogens with zero attached hydrogens (tertiary/aromatic N) is 1. The number of fused-ring (bicyclic) bond motifs is 1. The average molecular weight is 365 g/mol. The van der Waals surface area contributed by atoms with Crippen LogP contribution in [-0.2, 0) is 16.0 Å². The van der Waals surface area contributed by atoms with E-state index in [1.165, 1.54) is 11.1 Å². The molecule has 0 fully saturated rings. The number of carbonyl (C=O) groups excluding carboxylic acids is 2. The van der Waals surface area contributed by atoms with Crippen molar-refractivity contribution < 1.29 is 9.59 Å². The number of hydrogen-bond donors (Lipinski definition) is 2. The van der Waals surface area contributed by atoms with Gasteiger partial charge in [-0.1, -0.05) is 42.0 Å². The monoisotopic (exact) mass is 365 g/mol. The van der Waals surface area contributed by atoms with Gasteiger partial charge in [0, 0.05) is 5.69 Å². The van der Waals surface area contributed by atoms with Crippen molar-refractivity contribution in [1.29, 1.82) is 0 Å². The first-order valence-corrected chi connectivity index (χ1v) is 9.43. The minimum atomic E-state index is -0.128. The van der Waals surface area contributed by atoms with Gasteiger partial charge in [-0.3, -0.25) is 14.5 Å². The number of anilines is 1. The number of nitrogens with one attached hydrogen (secondary N) is 2. The molecular formula is C22H27N3O2. The third kappa shape index (κ3) is 5.41. The second-order valence-electron chi connectivity index (χ2n) is 7.30. The lowest BCUT2D eigenvalue weighted by Gasteiger charge is -2.27. The maximum atomic E-state index is 12.4. The number of hydrogen-bond acceptors (Lipinski definition) is 3. The first kappa shape index (κ1) is 19.1. The molecule has 1 aliphatic carbocycles. The molecule has 3 rings (SSSR count). The fraction of sp³-hybridized carbons (Fsp3) is 0.364. The van der Waals surface area contributed by atoms with E-state index >= 15 is 0 Å². The van der Waals surface area contributed by atoms with E-state index in [1.54, 1.807) is 11.9 Å². The SMILES string of the molecule is Cc1ccc(NC(=O)CN(C)CC(=O)N[C@H]2CCCc3ccccc32)cc1. The summed E-state index contributed by atoms with van der Waals surface area (Å²) in [5.41, 5.74) is 4.45. The van der Waals surface area contributed by atoms with Crippen molar-refractivity contribution in [2.24, 2.45) is 0 Å². The molecule has 1 atom stereocenters. The van der Waals surface area contributed by atoms with Gasteiger partial charge >= 0.3 is 0 Å². The fourth-order valence-corrected chi connectivity index (χ4v) is 3.53. The quantitative estimate of drug-likeness (QED) is 0.827. The third-order valence-electron chi connectivity index (χ3n) is 4.87. The molecule has 0 unspecified atom stereocenters. The Bertz CT molecular complexity index is 801. The molecule has 142 valence electrons. The minimum Gasteiger partial charge on any atom is -0.348 e. The van der Waals surface area contributed by atoms with Crippen LogP contribution >= 0.6 is 0 Å². The maximum Gasteiger partial charge on any atom is 0.238 e. The van der Waals surface area contributed by atoms with E-state index in [4.69, 9.17) is 0 Å². The molecule has 0 spiro atoms. The Morgan fingerprint density at radius 1 is 1.04 bits per heavy atom. The predicted molar refractivity (Wildman–Crippen MR) is 108 cm³/mol. The van der Waals surface area contributed by atoms with Crippen LogP contribution in [0, 0.1) is 6.92 Å². The van der Waals surface area contributed by atoms with Gasteiger partial charge in [0.2, 0.25) is 11.8 Å². The van der Waals surface area contributed by atoms with Crippen molar-refractivity contribution in [2.45, 2.75) is 32.2 Å². The molecule has 2 amide bonds. The Morgan fingerprint density at radius 3 is 2.52 bits per heavy atom. The van der Waals surface area contributed by atoms with Crippen LogP contribution in [0.4, 0.5) is 5.69 Å². The van der Waals surface area contributed by atoms with Gasteiger partial charge in [-0.25, -0.2) is 0 Å². The zero-order chi connectivity index (χ0) is 19.2. The zero-order valence-corrected chi connectivity index (χ0v) is 16.0. The molecule has 2 aromatic carbocycles. The summed E-state index contributed by atoms with van der Waals surface area (Å²) in [6, 6.07) is 16.0.